The molecule has 8 heteroatoms. The van der Waals surface area contributed by atoms with Gasteiger partial charge in [-0.15, -0.1) is 0 Å². The molecule has 1 aliphatic carbocycles. The van der Waals surface area contributed by atoms with E-state index in [1.54, 1.807) is 13.3 Å². The van der Waals surface area contributed by atoms with E-state index in [9.17, 15) is 5.11 Å². The summed E-state index contributed by atoms with van der Waals surface area (Å²) >= 11 is 0. The second-order valence-electron chi connectivity index (χ2n) is 9.10. The Morgan fingerprint density at radius 3 is 2.73 bits per heavy atom. The Kier molecular flexibility index (Phi) is 7.14. The van der Waals surface area contributed by atoms with Crippen molar-refractivity contribution in [2.75, 3.05) is 37.5 Å². The third-order valence-electron chi connectivity index (χ3n) is 7.07. The topological polar surface area (TPSA) is 105 Å². The molecule has 0 amide bonds. The minimum Gasteiger partial charge on any atom is -0.454 e. The summed E-state index contributed by atoms with van der Waals surface area (Å²) in [7, 11) is 1.67. The Labute approximate surface area is 195 Å². The molecule has 4 atom stereocenters. The van der Waals surface area contributed by atoms with Crippen LogP contribution >= 0.6 is 0 Å². The van der Waals surface area contributed by atoms with E-state index in [0.717, 1.165) is 52.3 Å². The number of ether oxygens (including phenoxy) is 1. The molecule has 3 aromatic rings. The molecule has 0 aromatic carbocycles. The fraction of sp³-hybridized carbons (Fsp3) is 0.560. The quantitative estimate of drug-likeness (QED) is 0.412. The van der Waals surface area contributed by atoms with Crippen molar-refractivity contribution in [2.45, 2.75) is 46.6 Å². The Morgan fingerprint density at radius 1 is 1.21 bits per heavy atom. The number of aromatic nitrogens is 3. The van der Waals surface area contributed by atoms with E-state index in [1.165, 1.54) is 0 Å². The predicted molar refractivity (Wildman–Crippen MR) is 130 cm³/mol. The highest BCUT2D eigenvalue weighted by Crippen LogP contribution is 2.40. The Morgan fingerprint density at radius 2 is 2.03 bits per heavy atom. The maximum Gasteiger partial charge on any atom is 0.224 e. The van der Waals surface area contributed by atoms with Gasteiger partial charge in [-0.05, 0) is 49.7 Å². The van der Waals surface area contributed by atoms with Crippen molar-refractivity contribution in [3.63, 3.8) is 0 Å². The number of anilines is 2. The molecule has 178 valence electrons. The molecule has 1 fully saturated rings. The minimum absolute atomic E-state index is 0.203. The van der Waals surface area contributed by atoms with Crippen LogP contribution < -0.4 is 10.6 Å². The van der Waals surface area contributed by atoms with Gasteiger partial charge in [0, 0.05) is 37.4 Å². The smallest absolute Gasteiger partial charge is 0.224 e. The van der Waals surface area contributed by atoms with Gasteiger partial charge in [0.05, 0.1) is 24.1 Å². The summed E-state index contributed by atoms with van der Waals surface area (Å²) in [6.45, 7) is 9.92. The van der Waals surface area contributed by atoms with Crippen molar-refractivity contribution in [1.82, 2.24) is 15.0 Å². The fourth-order valence-electron chi connectivity index (χ4n) is 4.78. The van der Waals surface area contributed by atoms with Crippen LogP contribution in [0.15, 0.2) is 22.7 Å². The van der Waals surface area contributed by atoms with E-state index in [-0.39, 0.29) is 18.6 Å². The first kappa shape index (κ1) is 23.4. The van der Waals surface area contributed by atoms with Crippen LogP contribution in [0.5, 0.6) is 0 Å². The van der Waals surface area contributed by atoms with E-state index < -0.39 is 0 Å². The zero-order chi connectivity index (χ0) is 23.5. The maximum atomic E-state index is 9.81. The number of nitrogens with zero attached hydrogens (tertiary/aromatic N) is 3. The molecular weight excluding hydrogens is 418 g/mol. The van der Waals surface area contributed by atoms with Crippen molar-refractivity contribution >= 4 is 22.7 Å². The number of furan rings is 1. The highest BCUT2D eigenvalue weighted by atomic mass is 16.5. The molecular formula is C25H35N5O3. The summed E-state index contributed by atoms with van der Waals surface area (Å²) in [4.78, 5) is 14.0. The molecule has 0 spiro atoms. The number of aliphatic hydroxyl groups excluding tert-OH is 1. The van der Waals surface area contributed by atoms with E-state index in [2.05, 4.69) is 42.5 Å². The van der Waals surface area contributed by atoms with Gasteiger partial charge in [-0.2, -0.15) is 4.98 Å². The Balaban J connectivity index is 1.74. The molecule has 1 aliphatic rings. The Hall–Kier alpha value is -2.71. The van der Waals surface area contributed by atoms with E-state index in [0.29, 0.717) is 30.9 Å². The van der Waals surface area contributed by atoms with Crippen LogP contribution in [0.1, 0.15) is 38.6 Å². The van der Waals surface area contributed by atoms with Crippen molar-refractivity contribution in [2.24, 2.45) is 17.8 Å². The molecule has 0 aliphatic heterocycles. The van der Waals surface area contributed by atoms with Crippen LogP contribution in [0.4, 0.5) is 11.8 Å². The van der Waals surface area contributed by atoms with Gasteiger partial charge >= 0.3 is 0 Å². The van der Waals surface area contributed by atoms with Gasteiger partial charge < -0.3 is 24.9 Å². The zero-order valence-electron chi connectivity index (χ0n) is 20.2. The SMILES string of the molecule is CCc1cc2cc(-c3c(C)nc(NCCOC)nc3N[C@@H]3C[C@H](CO)[C@@H](C)[C@H]3C)oc2cn1. The first-order chi connectivity index (χ1) is 15.9. The summed E-state index contributed by atoms with van der Waals surface area (Å²) in [5.74, 6) is 3.14. The molecule has 33 heavy (non-hydrogen) atoms. The van der Waals surface area contributed by atoms with Crippen LogP contribution in [0, 0.1) is 24.7 Å². The number of hydrogen-bond acceptors (Lipinski definition) is 8. The van der Waals surface area contributed by atoms with Gasteiger partial charge in [-0.3, -0.25) is 4.98 Å². The second kappa shape index (κ2) is 10.1. The van der Waals surface area contributed by atoms with Crippen LogP contribution in [0.25, 0.3) is 22.3 Å². The lowest BCUT2D eigenvalue weighted by molar-refractivity contribution is 0.191. The predicted octanol–water partition coefficient (Wildman–Crippen LogP) is 4.28. The van der Waals surface area contributed by atoms with Crippen molar-refractivity contribution < 1.29 is 14.3 Å². The number of rotatable bonds is 9. The van der Waals surface area contributed by atoms with Crippen LogP contribution in [0.2, 0.25) is 0 Å². The summed E-state index contributed by atoms with van der Waals surface area (Å²) in [5, 5.41) is 17.8. The number of aryl methyl sites for hydroxylation is 2. The van der Waals surface area contributed by atoms with Crippen molar-refractivity contribution in [1.29, 1.82) is 0 Å². The monoisotopic (exact) mass is 453 g/mol. The lowest BCUT2D eigenvalue weighted by atomic mass is 9.92. The highest BCUT2D eigenvalue weighted by Gasteiger charge is 2.38. The van der Waals surface area contributed by atoms with Gasteiger partial charge in [-0.25, -0.2) is 4.98 Å². The largest absolute Gasteiger partial charge is 0.454 e. The average molecular weight is 454 g/mol. The molecule has 1 saturated carbocycles. The normalized spacial score (nSPS) is 22.7. The number of pyridine rings is 1. The van der Waals surface area contributed by atoms with Gasteiger partial charge in [-0.1, -0.05) is 20.8 Å². The van der Waals surface area contributed by atoms with E-state index in [1.807, 2.05) is 13.0 Å². The second-order valence-corrected chi connectivity index (χ2v) is 9.10. The number of methoxy groups -OCH3 is 1. The maximum absolute atomic E-state index is 9.81. The summed E-state index contributed by atoms with van der Waals surface area (Å²) < 4.78 is 11.4. The molecule has 3 aromatic heterocycles. The number of aliphatic hydroxyl groups is 1. The van der Waals surface area contributed by atoms with Gasteiger partial charge in [0.2, 0.25) is 5.95 Å². The van der Waals surface area contributed by atoms with Gasteiger partial charge in [0.25, 0.3) is 0 Å². The first-order valence-electron chi connectivity index (χ1n) is 11.8. The lowest BCUT2D eigenvalue weighted by Gasteiger charge is -2.22. The molecule has 3 N–H and O–H groups in total. The van der Waals surface area contributed by atoms with Crippen LogP contribution in [0.3, 0.4) is 0 Å². The molecule has 3 heterocycles. The zero-order valence-corrected chi connectivity index (χ0v) is 20.2. The third kappa shape index (κ3) is 4.82. The number of fused-ring (bicyclic) bond motifs is 1. The molecule has 0 bridgehead atoms. The van der Waals surface area contributed by atoms with Crippen molar-refractivity contribution in [3.05, 3.63) is 29.7 Å². The standard InChI is InChI=1S/C25H35N5O3/c1-6-19-9-17-11-21(33-22(17)12-27-19)23-16(4)28-25(26-7-8-32-5)30-24(23)29-20-10-18(13-31)14(2)15(20)3/h9,11-12,14-15,18,20,31H,6-8,10,13H2,1-5H3,(H2,26,28,29,30)/t14-,15+,18+,20+/m0/s1. The number of hydrogen-bond donors (Lipinski definition) is 3. The lowest BCUT2D eigenvalue weighted by Crippen LogP contribution is -2.25. The molecule has 0 unspecified atom stereocenters. The first-order valence-corrected chi connectivity index (χ1v) is 11.8. The fourth-order valence-corrected chi connectivity index (χ4v) is 4.78. The van der Waals surface area contributed by atoms with Crippen LogP contribution in [-0.4, -0.2) is 53.0 Å². The summed E-state index contributed by atoms with van der Waals surface area (Å²) in [6.07, 6.45) is 3.56. The van der Waals surface area contributed by atoms with Crippen molar-refractivity contribution in [3.8, 4) is 11.3 Å². The Bertz CT molecular complexity index is 1100. The van der Waals surface area contributed by atoms with E-state index >= 15 is 0 Å². The van der Waals surface area contributed by atoms with Gasteiger partial charge in [0.1, 0.15) is 11.6 Å². The van der Waals surface area contributed by atoms with Crippen LogP contribution in [-0.2, 0) is 11.2 Å². The molecule has 0 radical (unpaired) electrons. The molecule has 4 rings (SSSR count). The average Bonchev–Trinajstić information content (AvgIpc) is 3.34. The van der Waals surface area contributed by atoms with Gasteiger partial charge in [0.15, 0.2) is 5.58 Å². The van der Waals surface area contributed by atoms with E-state index in [4.69, 9.17) is 19.1 Å². The number of nitrogens with one attached hydrogen (secondary N) is 2. The molecule has 8 nitrogen and oxygen atoms in total. The third-order valence-corrected chi connectivity index (χ3v) is 7.07. The minimum atomic E-state index is 0.203. The summed E-state index contributed by atoms with van der Waals surface area (Å²) in [5.41, 5.74) is 3.46. The highest BCUT2D eigenvalue weighted by molar-refractivity contribution is 5.86. The summed E-state index contributed by atoms with van der Waals surface area (Å²) in [6, 6.07) is 4.32. The molecule has 0 saturated heterocycles.